The van der Waals surface area contributed by atoms with Gasteiger partial charge in [-0.1, -0.05) is 6.07 Å². The minimum atomic E-state index is -0.220. The highest BCUT2D eigenvalue weighted by atomic mass is 79.9. The Morgan fingerprint density at radius 2 is 2.00 bits per heavy atom. The first kappa shape index (κ1) is 11.8. The summed E-state index contributed by atoms with van der Waals surface area (Å²) in [5.41, 5.74) is 1.15. The number of rotatable bonds is 2. The Hall–Kier alpha value is -0.700. The lowest BCUT2D eigenvalue weighted by Gasteiger charge is -2.20. The largest absolute Gasteiger partial charge is 0.300 e. The summed E-state index contributed by atoms with van der Waals surface area (Å²) in [7, 11) is 0. The molecule has 0 heterocycles. The van der Waals surface area contributed by atoms with Crippen LogP contribution in [0, 0.1) is 11.7 Å². The van der Waals surface area contributed by atoms with Crippen LogP contribution in [-0.2, 0) is 11.2 Å². The molecule has 0 N–H and O–H groups in total. The number of Topliss-reactive ketones (excluding diaryl/α,β-unsaturated/α-hetero) is 1. The molecular weight excluding hydrogens is 271 g/mol. The summed E-state index contributed by atoms with van der Waals surface area (Å²) in [4.78, 5) is 11.1. The second-order valence-corrected chi connectivity index (χ2v) is 5.29. The van der Waals surface area contributed by atoms with Crippen LogP contribution in [0.15, 0.2) is 22.7 Å². The first-order chi connectivity index (χ1) is 7.65. The summed E-state index contributed by atoms with van der Waals surface area (Å²) in [6.45, 7) is 0. The van der Waals surface area contributed by atoms with Crippen molar-refractivity contribution in [2.24, 2.45) is 5.92 Å². The second kappa shape index (κ2) is 5.09. The van der Waals surface area contributed by atoms with Crippen molar-refractivity contribution in [2.75, 3.05) is 0 Å². The standard InChI is InChI=1S/C13H14BrFO/c14-12-8-10(3-6-13(12)15)7-9-1-4-11(16)5-2-9/h3,6,8-9H,1-2,4-5,7H2. The third-order valence-electron chi connectivity index (χ3n) is 3.17. The Morgan fingerprint density at radius 1 is 1.31 bits per heavy atom. The highest BCUT2D eigenvalue weighted by Crippen LogP contribution is 2.26. The Labute approximate surface area is 103 Å². The van der Waals surface area contributed by atoms with E-state index in [9.17, 15) is 9.18 Å². The molecule has 1 aromatic carbocycles. The number of hydrogen-bond donors (Lipinski definition) is 0. The van der Waals surface area contributed by atoms with Crippen LogP contribution in [-0.4, -0.2) is 5.78 Å². The topological polar surface area (TPSA) is 17.1 Å². The zero-order valence-corrected chi connectivity index (χ0v) is 10.6. The van der Waals surface area contributed by atoms with Gasteiger partial charge in [0.15, 0.2) is 0 Å². The van der Waals surface area contributed by atoms with Crippen molar-refractivity contribution in [1.29, 1.82) is 0 Å². The lowest BCUT2D eigenvalue weighted by atomic mass is 9.84. The van der Waals surface area contributed by atoms with Crippen LogP contribution in [0.3, 0.4) is 0 Å². The minimum absolute atomic E-state index is 0.220. The normalized spacial score (nSPS) is 17.8. The van der Waals surface area contributed by atoms with E-state index >= 15 is 0 Å². The Kier molecular flexibility index (Phi) is 3.74. The van der Waals surface area contributed by atoms with Gasteiger partial charge in [0.1, 0.15) is 11.6 Å². The van der Waals surface area contributed by atoms with E-state index in [1.165, 1.54) is 6.07 Å². The van der Waals surface area contributed by atoms with Gasteiger partial charge in [0.25, 0.3) is 0 Å². The van der Waals surface area contributed by atoms with Crippen LogP contribution in [0.2, 0.25) is 0 Å². The summed E-state index contributed by atoms with van der Waals surface area (Å²) >= 11 is 3.19. The average Bonchev–Trinajstić information content (AvgIpc) is 2.27. The van der Waals surface area contributed by atoms with E-state index in [1.54, 1.807) is 0 Å². The summed E-state index contributed by atoms with van der Waals surface area (Å²) in [5.74, 6) is 0.745. The zero-order chi connectivity index (χ0) is 11.5. The quantitative estimate of drug-likeness (QED) is 0.805. The molecule has 1 saturated carbocycles. The van der Waals surface area contributed by atoms with Crippen molar-refractivity contribution in [3.63, 3.8) is 0 Å². The van der Waals surface area contributed by atoms with Gasteiger partial charge < -0.3 is 0 Å². The molecule has 0 bridgehead atoms. The molecule has 1 fully saturated rings. The number of carbonyl (C=O) groups excluding carboxylic acids is 1. The van der Waals surface area contributed by atoms with Gasteiger partial charge in [-0.3, -0.25) is 4.79 Å². The van der Waals surface area contributed by atoms with E-state index in [2.05, 4.69) is 15.9 Å². The van der Waals surface area contributed by atoms with Crippen molar-refractivity contribution in [2.45, 2.75) is 32.1 Å². The number of benzene rings is 1. The molecule has 0 aromatic heterocycles. The predicted octanol–water partition coefficient (Wildman–Crippen LogP) is 3.89. The van der Waals surface area contributed by atoms with Crippen molar-refractivity contribution in [3.8, 4) is 0 Å². The molecule has 86 valence electrons. The zero-order valence-electron chi connectivity index (χ0n) is 9.01. The first-order valence-electron chi connectivity index (χ1n) is 5.61. The fourth-order valence-corrected chi connectivity index (χ4v) is 2.63. The van der Waals surface area contributed by atoms with E-state index in [4.69, 9.17) is 0 Å². The van der Waals surface area contributed by atoms with Gasteiger partial charge in [0, 0.05) is 12.8 Å². The van der Waals surface area contributed by atoms with Gasteiger partial charge in [-0.2, -0.15) is 0 Å². The first-order valence-corrected chi connectivity index (χ1v) is 6.40. The summed E-state index contributed by atoms with van der Waals surface area (Å²) < 4.78 is 13.6. The number of hydrogen-bond acceptors (Lipinski definition) is 1. The fourth-order valence-electron chi connectivity index (χ4n) is 2.20. The smallest absolute Gasteiger partial charge is 0.137 e. The van der Waals surface area contributed by atoms with Crippen LogP contribution < -0.4 is 0 Å². The van der Waals surface area contributed by atoms with E-state index < -0.39 is 0 Å². The monoisotopic (exact) mass is 284 g/mol. The van der Waals surface area contributed by atoms with Gasteiger partial charge in [0.05, 0.1) is 4.47 Å². The summed E-state index contributed by atoms with van der Waals surface area (Å²) in [5, 5.41) is 0. The third-order valence-corrected chi connectivity index (χ3v) is 3.78. The highest BCUT2D eigenvalue weighted by Gasteiger charge is 2.19. The molecule has 16 heavy (non-hydrogen) atoms. The fraction of sp³-hybridized carbons (Fsp3) is 0.462. The Balaban J connectivity index is 1.98. The number of halogens is 2. The molecule has 1 aromatic rings. The molecule has 0 aliphatic heterocycles. The maximum Gasteiger partial charge on any atom is 0.137 e. The minimum Gasteiger partial charge on any atom is -0.300 e. The Morgan fingerprint density at radius 3 is 2.62 bits per heavy atom. The molecule has 0 amide bonds. The lowest BCUT2D eigenvalue weighted by Crippen LogP contribution is -2.15. The van der Waals surface area contributed by atoms with Crippen molar-refractivity contribution in [3.05, 3.63) is 34.1 Å². The van der Waals surface area contributed by atoms with E-state index in [-0.39, 0.29) is 5.82 Å². The molecule has 0 unspecified atom stereocenters. The van der Waals surface area contributed by atoms with Crippen molar-refractivity contribution < 1.29 is 9.18 Å². The summed E-state index contributed by atoms with van der Waals surface area (Å²) in [6.07, 6.45) is 4.34. The molecule has 0 radical (unpaired) electrons. The molecule has 0 atom stereocenters. The maximum absolute atomic E-state index is 13.0. The lowest BCUT2D eigenvalue weighted by molar-refractivity contribution is -0.120. The number of carbonyl (C=O) groups is 1. The van der Waals surface area contributed by atoms with Crippen molar-refractivity contribution >= 4 is 21.7 Å². The molecule has 1 aliphatic rings. The Bertz CT molecular complexity index is 393. The number of ketones is 1. The summed E-state index contributed by atoms with van der Waals surface area (Å²) in [6, 6.07) is 5.16. The second-order valence-electron chi connectivity index (χ2n) is 4.43. The van der Waals surface area contributed by atoms with Crippen LogP contribution in [0.1, 0.15) is 31.2 Å². The highest BCUT2D eigenvalue weighted by molar-refractivity contribution is 9.10. The van der Waals surface area contributed by atoms with Gasteiger partial charge in [-0.25, -0.2) is 4.39 Å². The molecule has 0 saturated heterocycles. The van der Waals surface area contributed by atoms with Gasteiger partial charge in [0.2, 0.25) is 0 Å². The maximum atomic E-state index is 13.0. The predicted molar refractivity (Wildman–Crippen MR) is 64.8 cm³/mol. The van der Waals surface area contributed by atoms with Crippen LogP contribution >= 0.6 is 15.9 Å². The molecule has 1 aliphatic carbocycles. The van der Waals surface area contributed by atoms with Crippen LogP contribution in [0.25, 0.3) is 0 Å². The van der Waals surface area contributed by atoms with Crippen LogP contribution in [0.5, 0.6) is 0 Å². The molecule has 3 heteroatoms. The van der Waals surface area contributed by atoms with Gasteiger partial charge in [-0.15, -0.1) is 0 Å². The average molecular weight is 285 g/mol. The molecule has 2 rings (SSSR count). The van der Waals surface area contributed by atoms with Crippen molar-refractivity contribution in [1.82, 2.24) is 0 Å². The molecular formula is C13H14BrFO. The van der Waals surface area contributed by atoms with Gasteiger partial charge in [-0.05, 0) is 58.8 Å². The SMILES string of the molecule is O=C1CCC(Cc2ccc(F)c(Br)c2)CC1. The molecule has 1 nitrogen and oxygen atoms in total. The van der Waals surface area contributed by atoms with E-state index in [0.717, 1.165) is 24.8 Å². The van der Waals surface area contributed by atoms with E-state index in [0.29, 0.717) is 29.0 Å². The van der Waals surface area contributed by atoms with E-state index in [1.807, 2.05) is 12.1 Å². The van der Waals surface area contributed by atoms with Crippen LogP contribution in [0.4, 0.5) is 4.39 Å². The third kappa shape index (κ3) is 2.91. The molecule has 0 spiro atoms. The van der Waals surface area contributed by atoms with Gasteiger partial charge >= 0.3 is 0 Å².